The first-order valence-electron chi connectivity index (χ1n) is 8.82. The molecule has 3 N–H and O–H groups in total. The molecule has 7 heteroatoms. The van der Waals surface area contributed by atoms with Crippen LogP contribution in [0.3, 0.4) is 0 Å². The van der Waals surface area contributed by atoms with E-state index in [0.717, 1.165) is 37.0 Å². The van der Waals surface area contributed by atoms with Crippen LogP contribution in [0.25, 0.3) is 0 Å². The van der Waals surface area contributed by atoms with Crippen LogP contribution in [0.5, 0.6) is 11.5 Å². The number of rotatable bonds is 6. The van der Waals surface area contributed by atoms with Gasteiger partial charge in [0.1, 0.15) is 0 Å². The number of benzene rings is 1. The molecule has 1 aliphatic heterocycles. The van der Waals surface area contributed by atoms with Gasteiger partial charge < -0.3 is 25.4 Å². The Bertz CT molecular complexity index is 629. The Kier molecular flexibility index (Phi) is 5.75. The van der Waals surface area contributed by atoms with Crippen LogP contribution in [0.1, 0.15) is 37.7 Å². The second-order valence-corrected chi connectivity index (χ2v) is 6.48. The van der Waals surface area contributed by atoms with Crippen LogP contribution in [0.4, 0.5) is 0 Å². The van der Waals surface area contributed by atoms with E-state index in [-0.39, 0.29) is 37.7 Å². The zero-order valence-corrected chi connectivity index (χ0v) is 14.3. The van der Waals surface area contributed by atoms with Crippen LogP contribution in [-0.2, 0) is 16.1 Å². The summed E-state index contributed by atoms with van der Waals surface area (Å²) in [5.74, 6) is 1.05. The molecule has 2 amide bonds. The van der Waals surface area contributed by atoms with Crippen LogP contribution >= 0.6 is 0 Å². The van der Waals surface area contributed by atoms with Gasteiger partial charge >= 0.3 is 0 Å². The van der Waals surface area contributed by atoms with E-state index in [0.29, 0.717) is 12.3 Å². The van der Waals surface area contributed by atoms with Gasteiger partial charge in [-0.3, -0.25) is 9.59 Å². The summed E-state index contributed by atoms with van der Waals surface area (Å²) in [7, 11) is 0. The fourth-order valence-corrected chi connectivity index (χ4v) is 3.40. The molecule has 0 atom stereocenters. The molecule has 1 aromatic carbocycles. The number of hydrogen-bond acceptors (Lipinski definition) is 5. The van der Waals surface area contributed by atoms with Gasteiger partial charge in [0.15, 0.2) is 11.5 Å². The van der Waals surface area contributed by atoms with Crippen molar-refractivity contribution in [2.75, 3.05) is 19.9 Å². The first-order chi connectivity index (χ1) is 12.2. The summed E-state index contributed by atoms with van der Waals surface area (Å²) in [6.07, 6.45) is 5.48. The Morgan fingerprint density at radius 3 is 2.68 bits per heavy atom. The zero-order chi connectivity index (χ0) is 17.6. The normalized spacial score (nSPS) is 16.5. The molecule has 0 saturated heterocycles. The lowest BCUT2D eigenvalue weighted by atomic mass is 9.93. The summed E-state index contributed by atoms with van der Waals surface area (Å²) in [6.45, 7) is 0.601. The molecule has 3 rings (SSSR count). The van der Waals surface area contributed by atoms with Crippen molar-refractivity contribution in [1.82, 2.24) is 10.2 Å². The molecule has 0 radical (unpaired) electrons. The fraction of sp³-hybridized carbons (Fsp3) is 0.556. The van der Waals surface area contributed by atoms with Crippen LogP contribution in [0.2, 0.25) is 0 Å². The summed E-state index contributed by atoms with van der Waals surface area (Å²) in [5.41, 5.74) is 6.28. The average Bonchev–Trinajstić information content (AvgIpc) is 3.12. The number of ether oxygens (including phenoxy) is 2. The summed E-state index contributed by atoms with van der Waals surface area (Å²) in [5, 5.41) is 2.58. The molecule has 1 saturated carbocycles. The van der Waals surface area contributed by atoms with Gasteiger partial charge in [0.25, 0.3) is 0 Å². The van der Waals surface area contributed by atoms with Gasteiger partial charge in [-0.25, -0.2) is 0 Å². The van der Waals surface area contributed by atoms with Gasteiger partial charge in [-0.1, -0.05) is 25.3 Å². The minimum Gasteiger partial charge on any atom is -0.454 e. The minimum absolute atomic E-state index is 0.0168. The van der Waals surface area contributed by atoms with E-state index in [4.69, 9.17) is 15.2 Å². The SMILES string of the molecule is NCC(=O)NCC(=O)N(Cc1ccc2c(c1)OCO2)C1CCCCC1. The van der Waals surface area contributed by atoms with E-state index in [9.17, 15) is 9.59 Å². The molecule has 0 bridgehead atoms. The maximum atomic E-state index is 12.7. The quantitative estimate of drug-likeness (QED) is 0.805. The van der Waals surface area contributed by atoms with Crippen LogP contribution in [0.15, 0.2) is 18.2 Å². The Morgan fingerprint density at radius 1 is 1.16 bits per heavy atom. The van der Waals surface area contributed by atoms with E-state index in [1.54, 1.807) is 0 Å². The predicted molar refractivity (Wildman–Crippen MR) is 92.1 cm³/mol. The van der Waals surface area contributed by atoms with E-state index in [1.807, 2.05) is 23.1 Å². The molecule has 0 spiro atoms. The molecule has 1 aromatic rings. The molecule has 0 aromatic heterocycles. The Morgan fingerprint density at radius 2 is 1.92 bits per heavy atom. The third-order valence-corrected chi connectivity index (χ3v) is 4.75. The number of amides is 2. The maximum Gasteiger partial charge on any atom is 0.242 e. The molecule has 1 aliphatic carbocycles. The first-order valence-corrected chi connectivity index (χ1v) is 8.82. The van der Waals surface area contributed by atoms with Gasteiger partial charge in [0.05, 0.1) is 13.1 Å². The number of hydrogen-bond donors (Lipinski definition) is 2. The third kappa shape index (κ3) is 4.42. The van der Waals surface area contributed by atoms with E-state index < -0.39 is 0 Å². The third-order valence-electron chi connectivity index (χ3n) is 4.75. The van der Waals surface area contributed by atoms with Crippen molar-refractivity contribution in [3.63, 3.8) is 0 Å². The first kappa shape index (κ1) is 17.5. The van der Waals surface area contributed by atoms with Crippen molar-refractivity contribution in [2.24, 2.45) is 5.73 Å². The second kappa shape index (κ2) is 8.20. The van der Waals surface area contributed by atoms with Crippen molar-refractivity contribution in [2.45, 2.75) is 44.7 Å². The van der Waals surface area contributed by atoms with Crippen molar-refractivity contribution in [3.05, 3.63) is 23.8 Å². The predicted octanol–water partition coefficient (Wildman–Crippen LogP) is 1.15. The molecule has 136 valence electrons. The van der Waals surface area contributed by atoms with Gasteiger partial charge in [-0.15, -0.1) is 0 Å². The lowest BCUT2D eigenvalue weighted by Gasteiger charge is -2.34. The Balaban J connectivity index is 1.71. The molecule has 0 unspecified atom stereocenters. The number of nitrogens with one attached hydrogen (secondary N) is 1. The maximum absolute atomic E-state index is 12.7. The summed E-state index contributed by atoms with van der Waals surface area (Å²) in [6, 6.07) is 5.96. The van der Waals surface area contributed by atoms with E-state index in [1.165, 1.54) is 6.42 Å². The van der Waals surface area contributed by atoms with Crippen LogP contribution < -0.4 is 20.5 Å². The van der Waals surface area contributed by atoms with Gasteiger partial charge in [-0.05, 0) is 30.5 Å². The fourth-order valence-electron chi connectivity index (χ4n) is 3.40. The molecule has 7 nitrogen and oxygen atoms in total. The van der Waals surface area contributed by atoms with Crippen LogP contribution in [-0.4, -0.2) is 42.6 Å². The van der Waals surface area contributed by atoms with Crippen molar-refractivity contribution < 1.29 is 19.1 Å². The van der Waals surface area contributed by atoms with Gasteiger partial charge in [0, 0.05) is 12.6 Å². The highest BCUT2D eigenvalue weighted by atomic mass is 16.7. The summed E-state index contributed by atoms with van der Waals surface area (Å²) < 4.78 is 10.8. The molecule has 1 heterocycles. The molecular weight excluding hydrogens is 322 g/mol. The van der Waals surface area contributed by atoms with E-state index >= 15 is 0 Å². The molecule has 2 aliphatic rings. The van der Waals surface area contributed by atoms with E-state index in [2.05, 4.69) is 5.32 Å². The Labute approximate surface area is 147 Å². The highest BCUT2D eigenvalue weighted by Gasteiger charge is 2.26. The molecule has 25 heavy (non-hydrogen) atoms. The van der Waals surface area contributed by atoms with Crippen molar-refractivity contribution in [3.8, 4) is 11.5 Å². The smallest absolute Gasteiger partial charge is 0.242 e. The monoisotopic (exact) mass is 347 g/mol. The topological polar surface area (TPSA) is 93.9 Å². The zero-order valence-electron chi connectivity index (χ0n) is 14.3. The highest BCUT2D eigenvalue weighted by molar-refractivity contribution is 5.85. The minimum atomic E-state index is -0.319. The van der Waals surface area contributed by atoms with Crippen LogP contribution in [0, 0.1) is 0 Å². The number of carbonyl (C=O) groups is 2. The summed E-state index contributed by atoms with van der Waals surface area (Å²) in [4.78, 5) is 26.0. The largest absolute Gasteiger partial charge is 0.454 e. The second-order valence-electron chi connectivity index (χ2n) is 6.48. The Hall–Kier alpha value is -2.28. The molecular formula is C18H25N3O4. The van der Waals surface area contributed by atoms with Gasteiger partial charge in [-0.2, -0.15) is 0 Å². The molecule has 1 fully saturated rings. The van der Waals surface area contributed by atoms with Crippen molar-refractivity contribution in [1.29, 1.82) is 0 Å². The standard InChI is InChI=1S/C18H25N3O4/c19-9-17(22)20-10-18(23)21(14-4-2-1-3-5-14)11-13-6-7-15-16(8-13)25-12-24-15/h6-8,14H,1-5,9-12,19H2,(H,20,22). The number of carbonyl (C=O) groups excluding carboxylic acids is 2. The van der Waals surface area contributed by atoms with Gasteiger partial charge in [0.2, 0.25) is 18.6 Å². The lowest BCUT2D eigenvalue weighted by molar-refractivity contribution is -0.135. The number of fused-ring (bicyclic) bond motifs is 1. The average molecular weight is 347 g/mol. The summed E-state index contributed by atoms with van der Waals surface area (Å²) >= 11 is 0. The van der Waals surface area contributed by atoms with Crippen molar-refractivity contribution >= 4 is 11.8 Å². The lowest BCUT2D eigenvalue weighted by Crippen LogP contribution is -2.46. The number of nitrogens with zero attached hydrogens (tertiary/aromatic N) is 1. The number of nitrogens with two attached hydrogens (primary N) is 1. The highest BCUT2D eigenvalue weighted by Crippen LogP contribution is 2.33.